The van der Waals surface area contributed by atoms with E-state index in [9.17, 15) is 0 Å². The largest absolute Gasteiger partial charge is 0.473 e. The molecule has 2 aromatic rings. The Morgan fingerprint density at radius 3 is 2.85 bits per heavy atom. The number of nitrogens with two attached hydrogens (primary N) is 1. The van der Waals surface area contributed by atoms with Crippen LogP contribution in [0.4, 0.5) is 11.5 Å². The van der Waals surface area contributed by atoms with Gasteiger partial charge < -0.3 is 20.3 Å². The Morgan fingerprint density at radius 2 is 2.20 bits per heavy atom. The van der Waals surface area contributed by atoms with Crippen molar-refractivity contribution in [1.82, 2.24) is 20.1 Å². The number of nitrogens with one attached hydrogen (secondary N) is 1. The number of aryl methyl sites for hydroxylation is 1. The number of nitrogen functional groups attached to an aromatic ring is 1. The Bertz CT molecular complexity index is 569. The van der Waals surface area contributed by atoms with Gasteiger partial charge in [0.15, 0.2) is 11.6 Å². The number of ether oxygens (including phenoxy) is 1. The van der Waals surface area contributed by atoms with Gasteiger partial charge in [-0.2, -0.15) is 9.97 Å². The number of nitrogens with zero attached hydrogens (tertiary/aromatic N) is 4. The molecule has 8 heteroatoms. The third-order valence-corrected chi connectivity index (χ3v) is 2.41. The molecule has 2 aromatic heterocycles. The lowest BCUT2D eigenvalue weighted by molar-refractivity contribution is 0.234. The average Bonchev–Trinajstić information content (AvgIpc) is 2.79. The van der Waals surface area contributed by atoms with Crippen LogP contribution in [0.25, 0.3) is 0 Å². The molecule has 0 aliphatic carbocycles. The summed E-state index contributed by atoms with van der Waals surface area (Å²) in [6, 6.07) is 0. The second-order valence-electron chi connectivity index (χ2n) is 4.51. The van der Waals surface area contributed by atoms with E-state index in [0.717, 1.165) is 0 Å². The summed E-state index contributed by atoms with van der Waals surface area (Å²) in [7, 11) is 0. The van der Waals surface area contributed by atoms with Crippen LogP contribution in [-0.2, 0) is 6.42 Å². The Morgan fingerprint density at radius 1 is 1.40 bits per heavy atom. The lowest BCUT2D eigenvalue weighted by Crippen LogP contribution is -2.13. The molecule has 0 bridgehead atoms. The molecule has 0 saturated carbocycles. The summed E-state index contributed by atoms with van der Waals surface area (Å²) in [4.78, 5) is 12.2. The first-order valence-electron chi connectivity index (χ1n) is 6.36. The maximum absolute atomic E-state index is 5.95. The fourth-order valence-electron chi connectivity index (χ4n) is 1.57. The summed E-state index contributed by atoms with van der Waals surface area (Å²) in [6.07, 6.45) is 2.03. The summed E-state index contributed by atoms with van der Waals surface area (Å²) in [5.41, 5.74) is 6.35. The molecule has 0 aliphatic rings. The predicted octanol–water partition coefficient (Wildman–Crippen LogP) is 1.19. The van der Waals surface area contributed by atoms with Crippen molar-refractivity contribution in [2.75, 3.05) is 17.6 Å². The molecule has 108 valence electrons. The topological polar surface area (TPSA) is 112 Å². The summed E-state index contributed by atoms with van der Waals surface area (Å²) < 4.78 is 10.4. The highest BCUT2D eigenvalue weighted by Gasteiger charge is 2.10. The van der Waals surface area contributed by atoms with E-state index in [-0.39, 0.29) is 6.10 Å². The second kappa shape index (κ2) is 6.18. The Hall–Kier alpha value is -2.38. The fourth-order valence-corrected chi connectivity index (χ4v) is 1.57. The van der Waals surface area contributed by atoms with Gasteiger partial charge in [0, 0.05) is 19.9 Å². The number of rotatable bonds is 6. The molecule has 0 spiro atoms. The van der Waals surface area contributed by atoms with Crippen molar-refractivity contribution in [1.29, 1.82) is 0 Å². The molecule has 20 heavy (non-hydrogen) atoms. The van der Waals surface area contributed by atoms with E-state index in [1.54, 1.807) is 6.92 Å². The van der Waals surface area contributed by atoms with Gasteiger partial charge in [-0.1, -0.05) is 5.16 Å². The summed E-state index contributed by atoms with van der Waals surface area (Å²) in [6.45, 7) is 6.16. The van der Waals surface area contributed by atoms with Crippen molar-refractivity contribution in [3.05, 3.63) is 18.0 Å². The zero-order valence-electron chi connectivity index (χ0n) is 11.8. The van der Waals surface area contributed by atoms with Crippen LogP contribution in [0, 0.1) is 6.92 Å². The Kier molecular flexibility index (Phi) is 4.34. The third-order valence-electron chi connectivity index (χ3n) is 2.41. The molecular weight excluding hydrogens is 260 g/mol. The molecule has 0 saturated heterocycles. The van der Waals surface area contributed by atoms with Gasteiger partial charge >= 0.3 is 0 Å². The molecule has 2 heterocycles. The van der Waals surface area contributed by atoms with Crippen LogP contribution in [0.2, 0.25) is 0 Å². The number of hydrogen-bond acceptors (Lipinski definition) is 8. The highest BCUT2D eigenvalue weighted by Crippen LogP contribution is 2.25. The van der Waals surface area contributed by atoms with Crippen molar-refractivity contribution in [2.45, 2.75) is 33.3 Å². The van der Waals surface area contributed by atoms with Gasteiger partial charge in [-0.15, -0.1) is 0 Å². The molecule has 3 N–H and O–H groups in total. The summed E-state index contributed by atoms with van der Waals surface area (Å²) in [5, 5.41) is 6.92. The molecule has 0 radical (unpaired) electrons. The molecule has 0 aliphatic heterocycles. The van der Waals surface area contributed by atoms with Gasteiger partial charge in [0.25, 0.3) is 0 Å². The van der Waals surface area contributed by atoms with Crippen LogP contribution < -0.4 is 15.8 Å². The Labute approximate surface area is 116 Å². The van der Waals surface area contributed by atoms with Crippen LogP contribution in [-0.4, -0.2) is 32.8 Å². The van der Waals surface area contributed by atoms with E-state index in [1.165, 1.54) is 6.33 Å². The van der Waals surface area contributed by atoms with Crippen molar-refractivity contribution < 1.29 is 9.26 Å². The zero-order valence-corrected chi connectivity index (χ0v) is 11.8. The maximum Gasteiger partial charge on any atom is 0.242 e. The Balaban J connectivity index is 1.95. The molecule has 8 nitrogen and oxygen atoms in total. The van der Waals surface area contributed by atoms with Gasteiger partial charge in [-0.3, -0.25) is 0 Å². The normalized spacial score (nSPS) is 10.8. The summed E-state index contributed by atoms with van der Waals surface area (Å²) >= 11 is 0. The first-order chi connectivity index (χ1) is 9.56. The highest BCUT2D eigenvalue weighted by atomic mass is 16.5. The minimum absolute atomic E-state index is 0.00218. The molecule has 0 unspecified atom stereocenters. The van der Waals surface area contributed by atoms with Gasteiger partial charge in [-0.05, 0) is 13.8 Å². The minimum Gasteiger partial charge on any atom is -0.473 e. The number of hydrogen-bond donors (Lipinski definition) is 2. The quantitative estimate of drug-likeness (QED) is 0.810. The average molecular weight is 278 g/mol. The number of anilines is 2. The van der Waals surface area contributed by atoms with Gasteiger partial charge in [0.1, 0.15) is 12.0 Å². The standard InChI is InChI=1S/C12H18N6O2/c1-7(2)19-12-10(13)11(15-6-16-12)14-5-4-9-17-8(3)20-18-9/h6-7H,4-5,13H2,1-3H3,(H,14,15,16). The first-order valence-corrected chi connectivity index (χ1v) is 6.36. The lowest BCUT2D eigenvalue weighted by atomic mass is 10.4. The van der Waals surface area contributed by atoms with E-state index in [4.69, 9.17) is 15.0 Å². The summed E-state index contributed by atoms with van der Waals surface area (Å²) in [5.74, 6) is 2.11. The predicted molar refractivity (Wildman–Crippen MR) is 73.4 cm³/mol. The van der Waals surface area contributed by atoms with E-state index in [1.807, 2.05) is 13.8 Å². The van der Waals surface area contributed by atoms with Crippen LogP contribution >= 0.6 is 0 Å². The highest BCUT2D eigenvalue weighted by molar-refractivity contribution is 5.66. The van der Waals surface area contributed by atoms with Crippen molar-refractivity contribution in [2.24, 2.45) is 0 Å². The van der Waals surface area contributed by atoms with E-state index in [2.05, 4.69) is 25.4 Å². The molecule has 2 rings (SSSR count). The van der Waals surface area contributed by atoms with Gasteiger partial charge in [-0.25, -0.2) is 4.98 Å². The van der Waals surface area contributed by atoms with E-state index in [0.29, 0.717) is 42.1 Å². The first kappa shape index (κ1) is 14.0. The minimum atomic E-state index is 0.00218. The van der Waals surface area contributed by atoms with Crippen molar-refractivity contribution >= 4 is 11.5 Å². The van der Waals surface area contributed by atoms with Gasteiger partial charge in [0.2, 0.25) is 11.8 Å². The monoisotopic (exact) mass is 278 g/mol. The molecule has 0 atom stereocenters. The zero-order chi connectivity index (χ0) is 14.5. The number of aromatic nitrogens is 4. The van der Waals surface area contributed by atoms with Gasteiger partial charge in [0.05, 0.1) is 6.10 Å². The molecular formula is C12H18N6O2. The molecule has 0 amide bonds. The smallest absolute Gasteiger partial charge is 0.242 e. The van der Waals surface area contributed by atoms with Crippen molar-refractivity contribution in [3.63, 3.8) is 0 Å². The van der Waals surface area contributed by atoms with Crippen LogP contribution in [0.5, 0.6) is 5.88 Å². The second-order valence-corrected chi connectivity index (χ2v) is 4.51. The van der Waals surface area contributed by atoms with Crippen LogP contribution in [0.15, 0.2) is 10.9 Å². The third kappa shape index (κ3) is 3.56. The molecule has 0 aromatic carbocycles. The fraction of sp³-hybridized carbons (Fsp3) is 0.500. The maximum atomic E-state index is 5.95. The van der Waals surface area contributed by atoms with Crippen molar-refractivity contribution in [3.8, 4) is 5.88 Å². The lowest BCUT2D eigenvalue weighted by Gasteiger charge is -2.13. The molecule has 0 fully saturated rings. The SMILES string of the molecule is Cc1nc(CCNc2ncnc(OC(C)C)c2N)no1. The van der Waals surface area contributed by atoms with E-state index >= 15 is 0 Å². The van der Waals surface area contributed by atoms with Crippen LogP contribution in [0.1, 0.15) is 25.6 Å². The van der Waals surface area contributed by atoms with E-state index < -0.39 is 0 Å². The van der Waals surface area contributed by atoms with Crippen LogP contribution in [0.3, 0.4) is 0 Å².